The van der Waals surface area contributed by atoms with Crippen LogP contribution < -0.4 is 20.1 Å². The number of halogens is 6. The number of anilines is 1. The van der Waals surface area contributed by atoms with Crippen molar-refractivity contribution in [2.45, 2.75) is 64.0 Å². The highest BCUT2D eigenvalue weighted by Crippen LogP contribution is 2.46. The van der Waals surface area contributed by atoms with Crippen LogP contribution in [-0.2, 0) is 19.3 Å². The lowest BCUT2D eigenvalue weighted by Gasteiger charge is -2.34. The second-order valence-corrected chi connectivity index (χ2v) is 9.98. The summed E-state index contributed by atoms with van der Waals surface area (Å²) in [4.78, 5) is 18.9. The first kappa shape index (κ1) is 26.3. The van der Waals surface area contributed by atoms with E-state index in [0.29, 0.717) is 18.4 Å². The third kappa shape index (κ3) is 4.57. The maximum atomic E-state index is 14.7. The quantitative estimate of drug-likeness (QED) is 0.316. The lowest BCUT2D eigenvalue weighted by atomic mass is 9.94. The summed E-state index contributed by atoms with van der Waals surface area (Å²) in [6.07, 6.45) is -1.83. The summed E-state index contributed by atoms with van der Waals surface area (Å²) in [6, 6.07) is 6.25. The van der Waals surface area contributed by atoms with Gasteiger partial charge >= 0.3 is 11.9 Å². The van der Waals surface area contributed by atoms with E-state index in [1.54, 1.807) is 10.6 Å². The van der Waals surface area contributed by atoms with Crippen LogP contribution in [0, 0.1) is 11.6 Å². The molecule has 12 heteroatoms. The first-order valence-electron chi connectivity index (χ1n) is 12.0. The number of aromatic nitrogens is 2. The summed E-state index contributed by atoms with van der Waals surface area (Å²) in [6.45, 7) is 4.46. The number of alkyl halides is 3. The highest BCUT2D eigenvalue weighted by Gasteiger charge is 2.49. The molecule has 2 unspecified atom stereocenters. The van der Waals surface area contributed by atoms with Crippen LogP contribution >= 0.6 is 11.6 Å². The Balaban J connectivity index is 1.33. The molecule has 38 heavy (non-hydrogen) atoms. The predicted octanol–water partition coefficient (Wildman–Crippen LogP) is 6.72. The van der Waals surface area contributed by atoms with E-state index in [1.165, 1.54) is 0 Å². The molecule has 0 saturated carbocycles. The number of hydrogen-bond acceptors (Lipinski definition) is 5. The first-order valence-corrected chi connectivity index (χ1v) is 12.4. The molecule has 5 rings (SSSR count). The van der Waals surface area contributed by atoms with Crippen LogP contribution in [0.1, 0.15) is 44.2 Å². The van der Waals surface area contributed by atoms with E-state index < -0.39 is 39.8 Å². The Labute approximate surface area is 219 Å². The molecule has 0 spiro atoms. The maximum absolute atomic E-state index is 14.7. The molecule has 2 aliphatic rings. The van der Waals surface area contributed by atoms with E-state index in [4.69, 9.17) is 21.1 Å². The molecule has 2 aliphatic heterocycles. The Kier molecular flexibility index (Phi) is 6.53. The highest BCUT2D eigenvalue weighted by molar-refractivity contribution is 6.31. The highest BCUT2D eigenvalue weighted by atomic mass is 35.5. The molecule has 2 atom stereocenters. The van der Waals surface area contributed by atoms with Crippen LogP contribution in [-0.4, -0.2) is 21.1 Å². The van der Waals surface area contributed by atoms with E-state index in [0.717, 1.165) is 43.5 Å². The lowest BCUT2D eigenvalue weighted by molar-refractivity contribution is -0.137. The minimum absolute atomic E-state index is 0.0350. The van der Waals surface area contributed by atoms with Gasteiger partial charge in [0.05, 0.1) is 22.7 Å². The van der Waals surface area contributed by atoms with Crippen molar-refractivity contribution in [2.24, 2.45) is 0 Å². The molecule has 1 saturated heterocycles. The van der Waals surface area contributed by atoms with Gasteiger partial charge in [-0.15, -0.1) is 0 Å². The molecule has 0 radical (unpaired) electrons. The van der Waals surface area contributed by atoms with Crippen molar-refractivity contribution in [1.82, 2.24) is 9.55 Å². The van der Waals surface area contributed by atoms with Gasteiger partial charge in [0.2, 0.25) is 5.88 Å². The van der Waals surface area contributed by atoms with Crippen LogP contribution in [0.3, 0.4) is 0 Å². The summed E-state index contributed by atoms with van der Waals surface area (Å²) in [5.74, 6) is -2.53. The van der Waals surface area contributed by atoms with Crippen molar-refractivity contribution in [3.63, 3.8) is 0 Å². The molecule has 3 aromatic rings. The van der Waals surface area contributed by atoms with Crippen LogP contribution in [0.2, 0.25) is 5.02 Å². The summed E-state index contributed by atoms with van der Waals surface area (Å²) in [5, 5.41) is -0.668. The fourth-order valence-electron chi connectivity index (χ4n) is 5.32. The Hall–Kier alpha value is -3.34. The molecule has 0 N–H and O–H groups in total. The van der Waals surface area contributed by atoms with Gasteiger partial charge < -0.3 is 14.4 Å². The Morgan fingerprint density at radius 1 is 1.16 bits per heavy atom. The van der Waals surface area contributed by atoms with Crippen molar-refractivity contribution >= 4 is 17.4 Å². The molecule has 0 bridgehead atoms. The predicted molar refractivity (Wildman–Crippen MR) is 130 cm³/mol. The minimum atomic E-state index is -4.68. The van der Waals surface area contributed by atoms with Crippen molar-refractivity contribution in [2.75, 3.05) is 4.90 Å². The van der Waals surface area contributed by atoms with Gasteiger partial charge in [0, 0.05) is 18.2 Å². The average molecular weight is 556 g/mol. The zero-order chi connectivity index (χ0) is 27.4. The number of fused-ring (bicyclic) bond motifs is 3. The van der Waals surface area contributed by atoms with Crippen LogP contribution in [0.5, 0.6) is 17.4 Å². The molecule has 0 amide bonds. The van der Waals surface area contributed by atoms with Crippen LogP contribution in [0.25, 0.3) is 0 Å². The fourth-order valence-corrected chi connectivity index (χ4v) is 5.60. The molecule has 0 aliphatic carbocycles. The van der Waals surface area contributed by atoms with E-state index >= 15 is 0 Å². The summed E-state index contributed by atoms with van der Waals surface area (Å²) < 4.78 is 80.5. The number of hydrogen-bond donors (Lipinski definition) is 0. The topological polar surface area (TPSA) is 56.6 Å². The van der Waals surface area contributed by atoms with Crippen LogP contribution in [0.15, 0.2) is 41.2 Å². The molecule has 3 heterocycles. The van der Waals surface area contributed by atoms with Crippen molar-refractivity contribution in [3.8, 4) is 17.4 Å². The number of nitrogens with zero attached hydrogens (tertiary/aromatic N) is 3. The van der Waals surface area contributed by atoms with Gasteiger partial charge in [0.1, 0.15) is 18.2 Å². The molecule has 1 fully saturated rings. The molecule has 2 aromatic carbocycles. The normalized spacial score (nSPS) is 20.4. The standard InChI is InChI=1S/C26H23ClF5N3O3/c1-3-25-7-6-14(2)35(25)22-11-21(33-24(36)34(22)13-25)37-12-15-8-19(28)23(20(29)9-15)38-16-4-5-17(18(27)10-16)26(30,31)32/h4-5,8-11,14H,3,6-7,12-13H2,1-2H3. The molecule has 1 aromatic heterocycles. The molecular formula is C26H23ClF5N3O3. The van der Waals surface area contributed by atoms with Gasteiger partial charge in [-0.3, -0.25) is 4.57 Å². The van der Waals surface area contributed by atoms with Gasteiger partial charge in [-0.2, -0.15) is 18.2 Å². The molecular weight excluding hydrogens is 533 g/mol. The van der Waals surface area contributed by atoms with E-state index in [9.17, 15) is 26.7 Å². The second-order valence-electron chi connectivity index (χ2n) is 9.58. The Bertz CT molecular complexity index is 1440. The SMILES string of the molecule is CCC12CCC(C)N1c1cc(OCc3cc(F)c(Oc4ccc(C(F)(F)F)c(Cl)c4)c(F)c3)nc(=O)n1C2. The number of benzene rings is 2. The van der Waals surface area contributed by atoms with Gasteiger partial charge in [-0.25, -0.2) is 13.6 Å². The zero-order valence-corrected chi connectivity index (χ0v) is 21.2. The zero-order valence-electron chi connectivity index (χ0n) is 20.4. The average Bonchev–Trinajstić information content (AvgIpc) is 3.35. The number of ether oxygens (including phenoxy) is 2. The van der Waals surface area contributed by atoms with E-state index in [-0.39, 0.29) is 35.4 Å². The van der Waals surface area contributed by atoms with Crippen molar-refractivity contribution in [1.29, 1.82) is 0 Å². The first-order chi connectivity index (χ1) is 17.9. The Morgan fingerprint density at radius 2 is 1.87 bits per heavy atom. The van der Waals surface area contributed by atoms with Gasteiger partial charge in [-0.05, 0) is 56.0 Å². The fraction of sp³-hybridized carbons (Fsp3) is 0.385. The van der Waals surface area contributed by atoms with Crippen molar-refractivity contribution < 1.29 is 31.4 Å². The maximum Gasteiger partial charge on any atom is 0.417 e. The minimum Gasteiger partial charge on any atom is -0.473 e. The van der Waals surface area contributed by atoms with Gasteiger partial charge in [0.25, 0.3) is 0 Å². The molecule has 202 valence electrons. The smallest absolute Gasteiger partial charge is 0.417 e. The molecule has 6 nitrogen and oxygen atoms in total. The summed E-state index contributed by atoms with van der Waals surface area (Å²) in [7, 11) is 0. The van der Waals surface area contributed by atoms with Gasteiger partial charge in [-0.1, -0.05) is 18.5 Å². The van der Waals surface area contributed by atoms with E-state index in [1.807, 2.05) is 0 Å². The summed E-state index contributed by atoms with van der Waals surface area (Å²) >= 11 is 5.65. The third-order valence-electron chi connectivity index (χ3n) is 7.21. The monoisotopic (exact) mass is 555 g/mol. The summed E-state index contributed by atoms with van der Waals surface area (Å²) in [5.41, 5.74) is -1.59. The largest absolute Gasteiger partial charge is 0.473 e. The van der Waals surface area contributed by atoms with E-state index in [2.05, 4.69) is 23.7 Å². The van der Waals surface area contributed by atoms with Crippen LogP contribution in [0.4, 0.5) is 27.8 Å². The van der Waals surface area contributed by atoms with Gasteiger partial charge in [0.15, 0.2) is 17.4 Å². The lowest BCUT2D eigenvalue weighted by Crippen LogP contribution is -2.43. The second kappa shape index (κ2) is 9.44. The third-order valence-corrected chi connectivity index (χ3v) is 7.53. The number of rotatable bonds is 6. The Morgan fingerprint density at radius 3 is 2.50 bits per heavy atom. The van der Waals surface area contributed by atoms with Crippen molar-refractivity contribution in [3.05, 3.63) is 74.7 Å².